The second-order valence-corrected chi connectivity index (χ2v) is 10.4. The normalized spacial score (nSPS) is 12.5. The van der Waals surface area contributed by atoms with Crippen molar-refractivity contribution in [2.75, 3.05) is 19.8 Å². The van der Waals surface area contributed by atoms with Crippen molar-refractivity contribution in [3.05, 3.63) is 59.2 Å². The average molecular weight is 432 g/mol. The van der Waals surface area contributed by atoms with Gasteiger partial charge in [0.25, 0.3) is 0 Å². The maximum Gasteiger partial charge on any atom is 0.191 e. The molecule has 0 spiro atoms. The summed E-state index contributed by atoms with van der Waals surface area (Å²) in [6.07, 6.45) is 1.97. The number of benzene rings is 2. The molecule has 0 atom stereocenters. The van der Waals surface area contributed by atoms with E-state index in [9.17, 15) is 8.42 Å². The summed E-state index contributed by atoms with van der Waals surface area (Å²) >= 11 is 0. The highest BCUT2D eigenvalue weighted by Crippen LogP contribution is 2.24. The van der Waals surface area contributed by atoms with Crippen molar-refractivity contribution >= 4 is 15.8 Å². The number of aliphatic imine (C=N–C) groups is 1. The number of ether oxygens (including phenoxy) is 1. The van der Waals surface area contributed by atoms with E-state index in [0.717, 1.165) is 28.9 Å². The molecule has 0 aliphatic carbocycles. The fraction of sp³-hybridized carbons (Fsp3) is 0.435. The SMILES string of the molecule is CN=C(NCCc1ccc(S(C)(=O)=O)cc1)NCc1ccc(C)cc1OC(C)(C)C. The molecule has 0 aromatic heterocycles. The first-order valence-electron chi connectivity index (χ1n) is 10.00. The summed E-state index contributed by atoms with van der Waals surface area (Å²) in [4.78, 5) is 4.61. The fourth-order valence-corrected chi connectivity index (χ4v) is 3.49. The molecule has 6 nitrogen and oxygen atoms in total. The van der Waals surface area contributed by atoms with Gasteiger partial charge in [0.1, 0.15) is 11.4 Å². The van der Waals surface area contributed by atoms with Gasteiger partial charge in [-0.15, -0.1) is 0 Å². The molecule has 2 N–H and O–H groups in total. The van der Waals surface area contributed by atoms with E-state index in [-0.39, 0.29) is 5.60 Å². The number of nitrogens with one attached hydrogen (secondary N) is 2. The number of rotatable bonds is 7. The largest absolute Gasteiger partial charge is 0.488 e. The lowest BCUT2D eigenvalue weighted by atomic mass is 10.1. The van der Waals surface area contributed by atoms with Crippen molar-refractivity contribution in [2.24, 2.45) is 4.99 Å². The summed E-state index contributed by atoms with van der Waals surface area (Å²) in [5.41, 5.74) is 3.01. The van der Waals surface area contributed by atoms with E-state index in [1.165, 1.54) is 6.26 Å². The molecule has 0 saturated carbocycles. The van der Waals surface area contributed by atoms with Crippen LogP contribution in [0.15, 0.2) is 52.4 Å². The topological polar surface area (TPSA) is 79.8 Å². The highest BCUT2D eigenvalue weighted by atomic mass is 32.2. The van der Waals surface area contributed by atoms with Gasteiger partial charge < -0.3 is 15.4 Å². The second kappa shape index (κ2) is 9.98. The van der Waals surface area contributed by atoms with Crippen LogP contribution in [-0.2, 0) is 22.8 Å². The molecule has 30 heavy (non-hydrogen) atoms. The molecule has 0 aliphatic rings. The van der Waals surface area contributed by atoms with Crippen LogP contribution in [0.4, 0.5) is 0 Å². The van der Waals surface area contributed by atoms with E-state index in [1.54, 1.807) is 19.2 Å². The molecule has 7 heteroatoms. The molecule has 0 unspecified atom stereocenters. The summed E-state index contributed by atoms with van der Waals surface area (Å²) in [7, 11) is -1.43. The van der Waals surface area contributed by atoms with Gasteiger partial charge in [0.15, 0.2) is 15.8 Å². The van der Waals surface area contributed by atoms with Crippen molar-refractivity contribution in [1.29, 1.82) is 0 Å². The zero-order valence-corrected chi connectivity index (χ0v) is 19.6. The zero-order chi connectivity index (χ0) is 22.4. The highest BCUT2D eigenvalue weighted by molar-refractivity contribution is 7.90. The van der Waals surface area contributed by atoms with Crippen molar-refractivity contribution in [3.63, 3.8) is 0 Å². The van der Waals surface area contributed by atoms with E-state index in [2.05, 4.69) is 40.7 Å². The van der Waals surface area contributed by atoms with Crippen molar-refractivity contribution < 1.29 is 13.2 Å². The van der Waals surface area contributed by atoms with E-state index >= 15 is 0 Å². The molecule has 2 aromatic rings. The van der Waals surface area contributed by atoms with E-state index in [4.69, 9.17) is 4.74 Å². The number of nitrogens with zero attached hydrogens (tertiary/aromatic N) is 1. The standard InChI is InChI=1S/C23H33N3O3S/c1-17-7-10-19(21(15-17)29-23(2,3)4)16-26-22(24-5)25-14-13-18-8-11-20(12-9-18)30(6,27)28/h7-12,15H,13-14,16H2,1-6H3,(H2,24,25,26). The van der Waals surface area contributed by atoms with Gasteiger partial charge in [0.05, 0.1) is 4.90 Å². The fourth-order valence-electron chi connectivity index (χ4n) is 2.86. The lowest BCUT2D eigenvalue weighted by Crippen LogP contribution is -2.38. The monoisotopic (exact) mass is 431 g/mol. The van der Waals surface area contributed by atoms with Gasteiger partial charge in [0, 0.05) is 32.0 Å². The van der Waals surface area contributed by atoms with Gasteiger partial charge in [-0.1, -0.05) is 24.3 Å². The van der Waals surface area contributed by atoms with Crippen molar-refractivity contribution in [1.82, 2.24) is 10.6 Å². The number of hydrogen-bond donors (Lipinski definition) is 2. The molecule has 2 rings (SSSR count). The Labute approximate surface area is 180 Å². The third-order valence-corrected chi connectivity index (χ3v) is 5.49. The number of sulfone groups is 1. The van der Waals surface area contributed by atoms with Crippen LogP contribution in [0.5, 0.6) is 5.75 Å². The minimum Gasteiger partial charge on any atom is -0.488 e. The van der Waals surface area contributed by atoms with Gasteiger partial charge in [-0.25, -0.2) is 8.42 Å². The maximum atomic E-state index is 11.5. The molecule has 164 valence electrons. The van der Waals surface area contributed by atoms with Crippen LogP contribution in [-0.4, -0.2) is 39.8 Å². The molecule has 0 radical (unpaired) electrons. The molecule has 0 heterocycles. The molecule has 0 fully saturated rings. The Kier molecular flexibility index (Phi) is 7.89. The molecule has 0 saturated heterocycles. The summed E-state index contributed by atoms with van der Waals surface area (Å²) < 4.78 is 29.2. The summed E-state index contributed by atoms with van der Waals surface area (Å²) in [6, 6.07) is 13.2. The van der Waals surface area contributed by atoms with Crippen molar-refractivity contribution in [3.8, 4) is 5.75 Å². The first-order valence-corrected chi connectivity index (χ1v) is 11.9. The van der Waals surface area contributed by atoms with E-state index < -0.39 is 9.84 Å². The molecule has 0 bridgehead atoms. The Morgan fingerprint density at radius 3 is 2.30 bits per heavy atom. The summed E-state index contributed by atoms with van der Waals surface area (Å²) in [6.45, 7) is 9.43. The quantitative estimate of drug-likeness (QED) is 0.518. The number of hydrogen-bond acceptors (Lipinski definition) is 4. The maximum absolute atomic E-state index is 11.5. The highest BCUT2D eigenvalue weighted by Gasteiger charge is 2.15. The Balaban J connectivity index is 1.91. The van der Waals surface area contributed by atoms with E-state index in [0.29, 0.717) is 23.9 Å². The second-order valence-electron chi connectivity index (χ2n) is 8.34. The predicted molar refractivity (Wildman–Crippen MR) is 123 cm³/mol. The van der Waals surface area contributed by atoms with Gasteiger partial charge in [-0.2, -0.15) is 0 Å². The van der Waals surface area contributed by atoms with Gasteiger partial charge >= 0.3 is 0 Å². The molecule has 0 amide bonds. The average Bonchev–Trinajstić information content (AvgIpc) is 2.64. The Hall–Kier alpha value is -2.54. The van der Waals surface area contributed by atoms with Crippen LogP contribution in [0.2, 0.25) is 0 Å². The van der Waals surface area contributed by atoms with Crippen LogP contribution >= 0.6 is 0 Å². The summed E-state index contributed by atoms with van der Waals surface area (Å²) in [5, 5.41) is 6.62. The van der Waals surface area contributed by atoms with Crippen LogP contribution in [0.25, 0.3) is 0 Å². The summed E-state index contributed by atoms with van der Waals surface area (Å²) in [5.74, 6) is 1.57. The first-order chi connectivity index (χ1) is 14.0. The Bertz CT molecular complexity index is 976. The molecular formula is C23H33N3O3S. The van der Waals surface area contributed by atoms with Crippen LogP contribution in [0.1, 0.15) is 37.5 Å². The third-order valence-electron chi connectivity index (χ3n) is 4.37. The predicted octanol–water partition coefficient (Wildman–Crippen LogP) is 3.48. The molecule has 0 aliphatic heterocycles. The number of guanidine groups is 1. The minimum absolute atomic E-state index is 0.269. The minimum atomic E-state index is -3.16. The van der Waals surface area contributed by atoms with E-state index in [1.807, 2.05) is 32.9 Å². The van der Waals surface area contributed by atoms with Crippen molar-refractivity contribution in [2.45, 2.75) is 51.2 Å². The van der Waals surface area contributed by atoms with Gasteiger partial charge in [0.2, 0.25) is 0 Å². The van der Waals surface area contributed by atoms with Gasteiger partial charge in [-0.05, 0) is 63.4 Å². The Morgan fingerprint density at radius 1 is 1.07 bits per heavy atom. The lowest BCUT2D eigenvalue weighted by molar-refractivity contribution is 0.129. The van der Waals surface area contributed by atoms with Crippen LogP contribution < -0.4 is 15.4 Å². The zero-order valence-electron chi connectivity index (χ0n) is 18.7. The van der Waals surface area contributed by atoms with Gasteiger partial charge in [-0.3, -0.25) is 4.99 Å². The molecule has 2 aromatic carbocycles. The number of aryl methyl sites for hydroxylation is 1. The third kappa shape index (κ3) is 7.71. The smallest absolute Gasteiger partial charge is 0.191 e. The Morgan fingerprint density at radius 2 is 1.73 bits per heavy atom. The van der Waals surface area contributed by atoms with Crippen LogP contribution in [0.3, 0.4) is 0 Å². The first kappa shape index (κ1) is 23.7. The van der Waals surface area contributed by atoms with Crippen LogP contribution in [0, 0.1) is 6.92 Å². The molecular weight excluding hydrogens is 398 g/mol. The lowest BCUT2D eigenvalue weighted by Gasteiger charge is -2.24.